The number of halogens is 1. The lowest BCUT2D eigenvalue weighted by molar-refractivity contribution is 0.455. The Hall–Kier alpha value is -1.61. The van der Waals surface area contributed by atoms with Crippen molar-refractivity contribution in [2.45, 2.75) is 12.8 Å². The first-order valence-corrected chi connectivity index (χ1v) is 5.43. The normalized spacial score (nSPS) is 10.1. The van der Waals surface area contributed by atoms with Crippen LogP contribution in [0.4, 0.5) is 0 Å². The number of rotatable bonds is 3. The van der Waals surface area contributed by atoms with Crippen molar-refractivity contribution >= 4 is 11.6 Å². The SMILES string of the molecule is Cc1ccccc1Oc1cncc(CCl)n1. The molecule has 4 heteroatoms. The van der Waals surface area contributed by atoms with E-state index in [4.69, 9.17) is 16.3 Å². The number of aryl methyl sites for hydroxylation is 1. The van der Waals surface area contributed by atoms with Gasteiger partial charge in [-0.05, 0) is 18.6 Å². The molecule has 0 bridgehead atoms. The van der Waals surface area contributed by atoms with Gasteiger partial charge in [-0.2, -0.15) is 0 Å². The molecule has 0 spiro atoms. The van der Waals surface area contributed by atoms with Crippen molar-refractivity contribution < 1.29 is 4.74 Å². The van der Waals surface area contributed by atoms with Gasteiger partial charge >= 0.3 is 0 Å². The predicted octanol–water partition coefficient (Wildman–Crippen LogP) is 3.32. The van der Waals surface area contributed by atoms with Crippen molar-refractivity contribution in [2.24, 2.45) is 0 Å². The highest BCUT2D eigenvalue weighted by Gasteiger charge is 2.02. The molecule has 0 aliphatic carbocycles. The quantitative estimate of drug-likeness (QED) is 0.765. The lowest BCUT2D eigenvalue weighted by Crippen LogP contribution is -1.94. The van der Waals surface area contributed by atoms with Gasteiger partial charge in [0.2, 0.25) is 5.88 Å². The van der Waals surface area contributed by atoms with Crippen molar-refractivity contribution in [3.05, 3.63) is 47.9 Å². The van der Waals surface area contributed by atoms with Crippen LogP contribution < -0.4 is 4.74 Å². The van der Waals surface area contributed by atoms with Gasteiger partial charge in [-0.25, -0.2) is 4.98 Å². The first-order valence-electron chi connectivity index (χ1n) is 4.90. The summed E-state index contributed by atoms with van der Waals surface area (Å²) in [4.78, 5) is 8.22. The largest absolute Gasteiger partial charge is 0.437 e. The summed E-state index contributed by atoms with van der Waals surface area (Å²) in [5, 5.41) is 0. The van der Waals surface area contributed by atoms with Crippen molar-refractivity contribution in [2.75, 3.05) is 0 Å². The van der Waals surface area contributed by atoms with Gasteiger partial charge in [-0.3, -0.25) is 4.98 Å². The average molecular weight is 235 g/mol. The van der Waals surface area contributed by atoms with Crippen molar-refractivity contribution in [3.8, 4) is 11.6 Å². The third-order valence-corrected chi connectivity index (χ3v) is 2.38. The Morgan fingerprint density at radius 3 is 2.81 bits per heavy atom. The van der Waals surface area contributed by atoms with Crippen molar-refractivity contribution in [1.29, 1.82) is 0 Å². The predicted molar refractivity (Wildman–Crippen MR) is 62.8 cm³/mol. The number of alkyl halides is 1. The van der Waals surface area contributed by atoms with Crippen LogP contribution >= 0.6 is 11.6 Å². The van der Waals surface area contributed by atoms with Gasteiger partial charge in [0.1, 0.15) is 5.75 Å². The van der Waals surface area contributed by atoms with Crippen LogP contribution in [0.2, 0.25) is 0 Å². The van der Waals surface area contributed by atoms with Gasteiger partial charge in [0, 0.05) is 6.20 Å². The van der Waals surface area contributed by atoms with Crippen LogP contribution in [0.3, 0.4) is 0 Å². The Bertz CT molecular complexity index is 488. The first-order chi connectivity index (χ1) is 7.79. The second kappa shape index (κ2) is 4.94. The average Bonchev–Trinajstić information content (AvgIpc) is 2.32. The first kappa shape index (κ1) is 10.9. The van der Waals surface area contributed by atoms with Gasteiger partial charge in [0.05, 0.1) is 17.8 Å². The lowest BCUT2D eigenvalue weighted by Gasteiger charge is -2.07. The van der Waals surface area contributed by atoms with Gasteiger partial charge in [0.15, 0.2) is 0 Å². The van der Waals surface area contributed by atoms with E-state index >= 15 is 0 Å². The summed E-state index contributed by atoms with van der Waals surface area (Å²) in [6, 6.07) is 7.75. The Balaban J connectivity index is 2.24. The van der Waals surface area contributed by atoms with Crippen molar-refractivity contribution in [3.63, 3.8) is 0 Å². The summed E-state index contributed by atoms with van der Waals surface area (Å²) >= 11 is 5.68. The van der Waals surface area contributed by atoms with E-state index in [0.29, 0.717) is 17.5 Å². The van der Waals surface area contributed by atoms with Gasteiger partial charge in [-0.1, -0.05) is 18.2 Å². The van der Waals surface area contributed by atoms with E-state index < -0.39 is 0 Å². The van der Waals surface area contributed by atoms with E-state index in [-0.39, 0.29) is 0 Å². The van der Waals surface area contributed by atoms with Crippen LogP contribution in [-0.2, 0) is 5.88 Å². The van der Waals surface area contributed by atoms with Gasteiger partial charge in [0.25, 0.3) is 0 Å². The minimum atomic E-state index is 0.331. The molecule has 2 aromatic rings. The number of hydrogen-bond donors (Lipinski definition) is 0. The molecule has 0 saturated heterocycles. The molecular weight excluding hydrogens is 224 g/mol. The molecular formula is C12H11ClN2O. The van der Waals surface area contributed by atoms with Crippen LogP contribution in [-0.4, -0.2) is 9.97 Å². The minimum Gasteiger partial charge on any atom is -0.437 e. The fraction of sp³-hybridized carbons (Fsp3) is 0.167. The highest BCUT2D eigenvalue weighted by Crippen LogP contribution is 2.22. The maximum atomic E-state index is 5.68. The number of ether oxygens (including phenoxy) is 1. The molecule has 0 saturated carbocycles. The molecule has 0 unspecified atom stereocenters. The molecule has 1 heterocycles. The van der Waals surface area contributed by atoms with E-state index in [9.17, 15) is 0 Å². The third kappa shape index (κ3) is 2.49. The molecule has 0 N–H and O–H groups in total. The van der Waals surface area contributed by atoms with E-state index in [1.54, 1.807) is 12.4 Å². The topological polar surface area (TPSA) is 35.0 Å². The number of para-hydroxylation sites is 1. The van der Waals surface area contributed by atoms with Crippen LogP contribution in [0, 0.1) is 6.92 Å². The Kier molecular flexibility index (Phi) is 3.37. The lowest BCUT2D eigenvalue weighted by atomic mass is 10.2. The Morgan fingerprint density at radius 2 is 2.06 bits per heavy atom. The number of hydrogen-bond acceptors (Lipinski definition) is 3. The highest BCUT2D eigenvalue weighted by atomic mass is 35.5. The molecule has 16 heavy (non-hydrogen) atoms. The van der Waals surface area contributed by atoms with E-state index in [2.05, 4.69) is 9.97 Å². The van der Waals surface area contributed by atoms with Crippen LogP contribution in [0.5, 0.6) is 11.6 Å². The fourth-order valence-electron chi connectivity index (χ4n) is 1.28. The highest BCUT2D eigenvalue weighted by molar-refractivity contribution is 6.16. The zero-order valence-corrected chi connectivity index (χ0v) is 9.61. The third-order valence-electron chi connectivity index (χ3n) is 2.11. The van der Waals surface area contributed by atoms with Crippen LogP contribution in [0.25, 0.3) is 0 Å². The van der Waals surface area contributed by atoms with Gasteiger partial charge in [-0.15, -0.1) is 11.6 Å². The van der Waals surface area contributed by atoms with Gasteiger partial charge < -0.3 is 4.74 Å². The molecule has 0 amide bonds. The molecule has 2 rings (SSSR count). The number of nitrogens with zero attached hydrogens (tertiary/aromatic N) is 2. The molecule has 0 fully saturated rings. The molecule has 0 atom stereocenters. The van der Waals surface area contributed by atoms with E-state index in [1.807, 2.05) is 31.2 Å². The maximum Gasteiger partial charge on any atom is 0.238 e. The zero-order chi connectivity index (χ0) is 11.4. The Labute approximate surface area is 99.1 Å². The second-order valence-electron chi connectivity index (χ2n) is 3.35. The van der Waals surface area contributed by atoms with E-state index in [1.165, 1.54) is 0 Å². The Morgan fingerprint density at radius 1 is 1.25 bits per heavy atom. The summed E-state index contributed by atoms with van der Waals surface area (Å²) in [6.45, 7) is 1.98. The molecule has 0 radical (unpaired) electrons. The second-order valence-corrected chi connectivity index (χ2v) is 3.62. The van der Waals surface area contributed by atoms with E-state index in [0.717, 1.165) is 11.3 Å². The fourth-order valence-corrected chi connectivity index (χ4v) is 1.41. The summed E-state index contributed by atoms with van der Waals surface area (Å²) in [6.07, 6.45) is 3.19. The zero-order valence-electron chi connectivity index (χ0n) is 8.85. The summed E-state index contributed by atoms with van der Waals surface area (Å²) < 4.78 is 5.62. The van der Waals surface area contributed by atoms with Crippen molar-refractivity contribution in [1.82, 2.24) is 9.97 Å². The summed E-state index contributed by atoms with van der Waals surface area (Å²) in [5.74, 6) is 1.58. The van der Waals surface area contributed by atoms with Crippen LogP contribution in [0.15, 0.2) is 36.7 Å². The maximum absolute atomic E-state index is 5.68. The molecule has 1 aromatic carbocycles. The standard InChI is InChI=1S/C12H11ClN2O/c1-9-4-2-3-5-11(9)16-12-8-14-7-10(6-13)15-12/h2-5,7-8H,6H2,1H3. The molecule has 0 aliphatic heterocycles. The minimum absolute atomic E-state index is 0.331. The number of benzene rings is 1. The molecule has 0 aliphatic rings. The molecule has 3 nitrogen and oxygen atoms in total. The monoisotopic (exact) mass is 234 g/mol. The molecule has 1 aromatic heterocycles. The molecule has 82 valence electrons. The summed E-state index contributed by atoms with van der Waals surface area (Å²) in [5.41, 5.74) is 1.76. The summed E-state index contributed by atoms with van der Waals surface area (Å²) in [7, 11) is 0. The van der Waals surface area contributed by atoms with Crippen LogP contribution in [0.1, 0.15) is 11.3 Å². The number of aromatic nitrogens is 2. The smallest absolute Gasteiger partial charge is 0.238 e.